The Hall–Kier alpha value is -3.22. The highest BCUT2D eigenvalue weighted by Crippen LogP contribution is 2.34. The highest BCUT2D eigenvalue weighted by molar-refractivity contribution is 5.98. The molecule has 2 aromatic carbocycles. The van der Waals surface area contributed by atoms with Gasteiger partial charge in [-0.15, -0.1) is 0 Å². The lowest BCUT2D eigenvalue weighted by Gasteiger charge is -2.17. The normalized spacial score (nSPS) is 16.3. The summed E-state index contributed by atoms with van der Waals surface area (Å²) in [4.78, 5) is 26.1. The molecule has 0 aliphatic carbocycles. The quantitative estimate of drug-likeness (QED) is 0.885. The van der Waals surface area contributed by atoms with Gasteiger partial charge in [0.15, 0.2) is 11.5 Å². The molecule has 1 atom stereocenters. The molecule has 0 bridgehead atoms. The number of urea groups is 1. The summed E-state index contributed by atoms with van der Waals surface area (Å²) in [7, 11) is 0. The van der Waals surface area contributed by atoms with E-state index in [0.717, 1.165) is 5.56 Å². The molecule has 2 aliphatic rings. The van der Waals surface area contributed by atoms with Crippen LogP contribution in [0.25, 0.3) is 0 Å². The minimum absolute atomic E-state index is 0.142. The molecule has 7 heteroatoms. The first kappa shape index (κ1) is 16.3. The Morgan fingerprint density at radius 1 is 1.19 bits per heavy atom. The van der Waals surface area contributed by atoms with Gasteiger partial charge < -0.3 is 20.1 Å². The predicted molar refractivity (Wildman–Crippen MR) is 95.6 cm³/mol. The van der Waals surface area contributed by atoms with Crippen molar-refractivity contribution in [2.24, 2.45) is 0 Å². The summed E-state index contributed by atoms with van der Waals surface area (Å²) in [5, 5.41) is 5.73. The van der Waals surface area contributed by atoms with Crippen LogP contribution in [0, 0.1) is 0 Å². The Balaban J connectivity index is 1.48. The summed E-state index contributed by atoms with van der Waals surface area (Å²) >= 11 is 0. The average molecular weight is 353 g/mol. The number of nitrogens with zero attached hydrogens (tertiary/aromatic N) is 1. The van der Waals surface area contributed by atoms with Crippen molar-refractivity contribution in [1.82, 2.24) is 10.6 Å². The van der Waals surface area contributed by atoms with E-state index in [1.54, 1.807) is 23.1 Å². The smallest absolute Gasteiger partial charge is 0.321 e. The van der Waals surface area contributed by atoms with Gasteiger partial charge in [0.1, 0.15) is 0 Å². The molecule has 1 unspecified atom stereocenters. The molecule has 1 saturated heterocycles. The van der Waals surface area contributed by atoms with Gasteiger partial charge in [0, 0.05) is 24.3 Å². The third-order valence-electron chi connectivity index (χ3n) is 4.52. The molecular weight excluding hydrogens is 334 g/mol. The van der Waals surface area contributed by atoms with Crippen molar-refractivity contribution in [3.05, 3.63) is 53.6 Å². The van der Waals surface area contributed by atoms with Gasteiger partial charge in [-0.2, -0.15) is 0 Å². The van der Waals surface area contributed by atoms with Crippen LogP contribution >= 0.6 is 0 Å². The molecular formula is C19H19N3O4. The molecule has 2 N–H and O–H groups in total. The van der Waals surface area contributed by atoms with E-state index in [4.69, 9.17) is 9.47 Å². The highest BCUT2D eigenvalue weighted by Gasteiger charge is 2.22. The molecule has 7 nitrogen and oxygen atoms in total. The number of rotatable bonds is 4. The fraction of sp³-hybridized carbons (Fsp3) is 0.263. The van der Waals surface area contributed by atoms with Crippen LogP contribution in [0.15, 0.2) is 42.5 Å². The Bertz CT molecular complexity index is 868. The SMILES string of the molecule is CC(NC(=O)c1cccc(N2CCNC2=O)c1)c1ccc2c(c1)OCO2. The van der Waals surface area contributed by atoms with E-state index in [9.17, 15) is 9.59 Å². The first-order valence-corrected chi connectivity index (χ1v) is 8.47. The lowest BCUT2D eigenvalue weighted by Crippen LogP contribution is -2.29. The van der Waals surface area contributed by atoms with Crippen molar-refractivity contribution < 1.29 is 19.1 Å². The first-order chi connectivity index (χ1) is 12.6. The van der Waals surface area contributed by atoms with Gasteiger partial charge >= 0.3 is 6.03 Å². The van der Waals surface area contributed by atoms with Crippen molar-refractivity contribution in [1.29, 1.82) is 0 Å². The molecule has 2 heterocycles. The zero-order chi connectivity index (χ0) is 18.1. The number of carbonyl (C=O) groups excluding carboxylic acids is 2. The molecule has 2 aromatic rings. The lowest BCUT2D eigenvalue weighted by molar-refractivity contribution is 0.0939. The van der Waals surface area contributed by atoms with E-state index in [0.29, 0.717) is 35.8 Å². The van der Waals surface area contributed by atoms with Crippen molar-refractivity contribution in [2.75, 3.05) is 24.8 Å². The third kappa shape index (κ3) is 3.03. The Kier molecular flexibility index (Phi) is 4.12. The second kappa shape index (κ2) is 6.59. The first-order valence-electron chi connectivity index (χ1n) is 8.47. The van der Waals surface area contributed by atoms with Crippen LogP contribution in [0.4, 0.5) is 10.5 Å². The molecule has 0 radical (unpaired) electrons. The maximum atomic E-state index is 12.6. The Morgan fingerprint density at radius 2 is 2.04 bits per heavy atom. The molecule has 0 aromatic heterocycles. The number of benzene rings is 2. The van der Waals surface area contributed by atoms with Crippen molar-refractivity contribution in [2.45, 2.75) is 13.0 Å². The van der Waals surface area contributed by atoms with Gasteiger partial charge in [-0.3, -0.25) is 9.69 Å². The summed E-state index contributed by atoms with van der Waals surface area (Å²) in [6.07, 6.45) is 0. The fourth-order valence-corrected chi connectivity index (χ4v) is 3.08. The predicted octanol–water partition coefficient (Wildman–Crippen LogP) is 2.44. The standard InChI is InChI=1S/C19H19N3O4/c1-12(13-5-6-16-17(10-13)26-11-25-16)21-18(23)14-3-2-4-15(9-14)22-8-7-20-19(22)24/h2-6,9-10,12H,7-8,11H2,1H3,(H,20,24)(H,21,23). The van der Waals surface area contributed by atoms with Crippen LogP contribution in [-0.2, 0) is 0 Å². The molecule has 1 fully saturated rings. The Morgan fingerprint density at radius 3 is 2.85 bits per heavy atom. The third-order valence-corrected chi connectivity index (χ3v) is 4.52. The number of carbonyl (C=O) groups is 2. The van der Waals surface area contributed by atoms with Crippen LogP contribution in [0.2, 0.25) is 0 Å². The fourth-order valence-electron chi connectivity index (χ4n) is 3.08. The number of hydrogen-bond acceptors (Lipinski definition) is 4. The maximum absolute atomic E-state index is 12.6. The van der Waals surface area contributed by atoms with Gasteiger partial charge in [-0.1, -0.05) is 12.1 Å². The monoisotopic (exact) mass is 353 g/mol. The van der Waals surface area contributed by atoms with Gasteiger partial charge in [-0.05, 0) is 42.8 Å². The van der Waals surface area contributed by atoms with Crippen LogP contribution in [0.3, 0.4) is 0 Å². The lowest BCUT2D eigenvalue weighted by atomic mass is 10.1. The molecule has 3 amide bonds. The summed E-state index contributed by atoms with van der Waals surface area (Å²) in [6.45, 7) is 3.33. The zero-order valence-corrected chi connectivity index (χ0v) is 14.3. The van der Waals surface area contributed by atoms with E-state index >= 15 is 0 Å². The topological polar surface area (TPSA) is 79.9 Å². The molecule has 0 saturated carbocycles. The molecule has 4 rings (SSSR count). The highest BCUT2D eigenvalue weighted by atomic mass is 16.7. The van der Waals surface area contributed by atoms with E-state index in [2.05, 4.69) is 10.6 Å². The minimum atomic E-state index is -0.198. The largest absolute Gasteiger partial charge is 0.454 e. The summed E-state index contributed by atoms with van der Waals surface area (Å²) in [6, 6.07) is 12.3. The number of nitrogens with one attached hydrogen (secondary N) is 2. The number of hydrogen-bond donors (Lipinski definition) is 2. The summed E-state index contributed by atoms with van der Waals surface area (Å²) in [5.74, 6) is 1.20. The van der Waals surface area contributed by atoms with E-state index in [1.165, 1.54) is 0 Å². The minimum Gasteiger partial charge on any atom is -0.454 e. The van der Waals surface area contributed by atoms with E-state index < -0.39 is 0 Å². The zero-order valence-electron chi connectivity index (χ0n) is 14.3. The van der Waals surface area contributed by atoms with Crippen LogP contribution < -0.4 is 25.0 Å². The van der Waals surface area contributed by atoms with E-state index in [1.807, 2.05) is 31.2 Å². The van der Waals surface area contributed by atoms with Crippen molar-refractivity contribution in [3.63, 3.8) is 0 Å². The summed E-state index contributed by atoms with van der Waals surface area (Å²) in [5.41, 5.74) is 2.15. The molecule has 2 aliphatic heterocycles. The van der Waals surface area contributed by atoms with Gasteiger partial charge in [0.2, 0.25) is 6.79 Å². The second-order valence-corrected chi connectivity index (χ2v) is 6.24. The van der Waals surface area contributed by atoms with Crippen LogP contribution in [0.5, 0.6) is 11.5 Å². The molecule has 0 spiro atoms. The van der Waals surface area contributed by atoms with E-state index in [-0.39, 0.29) is 24.8 Å². The number of fused-ring (bicyclic) bond motifs is 1. The van der Waals surface area contributed by atoms with Gasteiger partial charge in [0.05, 0.1) is 6.04 Å². The Labute approximate surface area is 150 Å². The van der Waals surface area contributed by atoms with Gasteiger partial charge in [0.25, 0.3) is 5.91 Å². The number of ether oxygens (including phenoxy) is 2. The maximum Gasteiger partial charge on any atom is 0.321 e. The number of anilines is 1. The molecule has 26 heavy (non-hydrogen) atoms. The average Bonchev–Trinajstić information content (AvgIpc) is 3.29. The second-order valence-electron chi connectivity index (χ2n) is 6.24. The van der Waals surface area contributed by atoms with Crippen LogP contribution in [-0.4, -0.2) is 31.8 Å². The molecule has 134 valence electrons. The van der Waals surface area contributed by atoms with Crippen molar-refractivity contribution in [3.8, 4) is 11.5 Å². The van der Waals surface area contributed by atoms with Crippen molar-refractivity contribution >= 4 is 17.6 Å². The van der Waals surface area contributed by atoms with Crippen LogP contribution in [0.1, 0.15) is 28.9 Å². The van der Waals surface area contributed by atoms with Gasteiger partial charge in [-0.25, -0.2) is 4.79 Å². The summed E-state index contributed by atoms with van der Waals surface area (Å²) < 4.78 is 10.7. The number of amides is 3.